The van der Waals surface area contributed by atoms with Gasteiger partial charge in [0.25, 0.3) is 0 Å². The van der Waals surface area contributed by atoms with Crippen LogP contribution in [0, 0.1) is 6.92 Å². The zero-order chi connectivity index (χ0) is 15.2. The molecule has 0 aliphatic carbocycles. The Morgan fingerprint density at radius 3 is 2.65 bits per heavy atom. The lowest BCUT2D eigenvalue weighted by atomic mass is 10.1. The molecule has 0 saturated carbocycles. The van der Waals surface area contributed by atoms with E-state index in [1.807, 2.05) is 26.2 Å². The summed E-state index contributed by atoms with van der Waals surface area (Å²) in [5.41, 5.74) is 2.14. The molecular formula is C14H24N2O2S2. The molecule has 0 bridgehead atoms. The molecule has 20 heavy (non-hydrogen) atoms. The van der Waals surface area contributed by atoms with E-state index in [1.165, 1.54) is 4.31 Å². The molecule has 114 valence electrons. The molecule has 1 aromatic carbocycles. The minimum atomic E-state index is -3.38. The van der Waals surface area contributed by atoms with Crippen molar-refractivity contribution < 1.29 is 8.42 Å². The minimum Gasteiger partial charge on any atom is -0.313 e. The van der Waals surface area contributed by atoms with Crippen LogP contribution in [0.15, 0.2) is 23.1 Å². The number of sulfonamides is 1. The number of hydrogen-bond acceptors (Lipinski definition) is 4. The Morgan fingerprint density at radius 2 is 2.05 bits per heavy atom. The summed E-state index contributed by atoms with van der Waals surface area (Å²) in [7, 11) is -1.75. The van der Waals surface area contributed by atoms with Gasteiger partial charge in [-0.05, 0) is 43.0 Å². The fourth-order valence-corrected chi connectivity index (χ4v) is 3.57. The van der Waals surface area contributed by atoms with Crippen LogP contribution in [-0.2, 0) is 16.6 Å². The van der Waals surface area contributed by atoms with E-state index in [0.717, 1.165) is 23.4 Å². The molecule has 1 aromatic rings. The second kappa shape index (κ2) is 8.02. The van der Waals surface area contributed by atoms with E-state index in [1.54, 1.807) is 30.9 Å². The van der Waals surface area contributed by atoms with Crippen LogP contribution >= 0.6 is 11.8 Å². The minimum absolute atomic E-state index is 0.375. The van der Waals surface area contributed by atoms with Gasteiger partial charge in [0.2, 0.25) is 10.0 Å². The fourth-order valence-electron chi connectivity index (χ4n) is 1.78. The van der Waals surface area contributed by atoms with E-state index in [2.05, 4.69) is 5.32 Å². The maximum Gasteiger partial charge on any atom is 0.242 e. The highest BCUT2D eigenvalue weighted by molar-refractivity contribution is 7.98. The number of nitrogens with zero attached hydrogens (tertiary/aromatic N) is 1. The number of hydrogen-bond donors (Lipinski definition) is 1. The number of rotatable bonds is 8. The van der Waals surface area contributed by atoms with Gasteiger partial charge >= 0.3 is 0 Å². The molecule has 0 unspecified atom stereocenters. The normalized spacial score (nSPS) is 12.1. The molecule has 0 saturated heterocycles. The van der Waals surface area contributed by atoms with E-state index < -0.39 is 10.0 Å². The Kier molecular flexibility index (Phi) is 7.02. The Balaban J connectivity index is 3.00. The Bertz CT molecular complexity index is 530. The predicted octanol–water partition coefficient (Wildman–Crippen LogP) is 2.09. The van der Waals surface area contributed by atoms with Gasteiger partial charge in [-0.1, -0.05) is 13.0 Å². The van der Waals surface area contributed by atoms with E-state index >= 15 is 0 Å². The molecule has 0 radical (unpaired) electrons. The summed E-state index contributed by atoms with van der Waals surface area (Å²) in [6.07, 6.45) is 1.97. The van der Waals surface area contributed by atoms with E-state index in [0.29, 0.717) is 18.0 Å². The molecule has 0 spiro atoms. The topological polar surface area (TPSA) is 49.4 Å². The van der Waals surface area contributed by atoms with Gasteiger partial charge in [0.05, 0.1) is 4.90 Å². The third-order valence-corrected chi connectivity index (χ3v) is 5.65. The second-order valence-electron chi connectivity index (χ2n) is 4.69. The van der Waals surface area contributed by atoms with Gasteiger partial charge < -0.3 is 5.32 Å². The highest BCUT2D eigenvalue weighted by Crippen LogP contribution is 2.19. The maximum absolute atomic E-state index is 12.5. The van der Waals surface area contributed by atoms with Crippen LogP contribution in [-0.4, -0.2) is 44.9 Å². The average molecular weight is 316 g/mol. The Labute approximate surface area is 127 Å². The highest BCUT2D eigenvalue weighted by Gasteiger charge is 2.20. The fraction of sp³-hybridized carbons (Fsp3) is 0.571. The molecule has 0 aliphatic heterocycles. The SMILES string of the molecule is CCNCc1cc(S(=O)(=O)N(C)CCSC)ccc1C. The quantitative estimate of drug-likeness (QED) is 0.798. The molecule has 0 heterocycles. The molecular weight excluding hydrogens is 292 g/mol. The maximum atomic E-state index is 12.5. The predicted molar refractivity (Wildman–Crippen MR) is 86.8 cm³/mol. The summed E-state index contributed by atoms with van der Waals surface area (Å²) < 4.78 is 26.4. The largest absolute Gasteiger partial charge is 0.313 e. The highest BCUT2D eigenvalue weighted by atomic mass is 32.2. The number of nitrogens with one attached hydrogen (secondary N) is 1. The van der Waals surface area contributed by atoms with Crippen LogP contribution in [0.3, 0.4) is 0 Å². The molecule has 6 heteroatoms. The summed E-state index contributed by atoms with van der Waals surface area (Å²) >= 11 is 1.64. The first kappa shape index (κ1) is 17.5. The molecule has 1 rings (SSSR count). The van der Waals surface area contributed by atoms with Crippen molar-refractivity contribution in [2.45, 2.75) is 25.3 Å². The van der Waals surface area contributed by atoms with Crippen LogP contribution in [0.5, 0.6) is 0 Å². The average Bonchev–Trinajstić information content (AvgIpc) is 2.43. The van der Waals surface area contributed by atoms with Gasteiger partial charge in [0, 0.05) is 25.9 Å². The van der Waals surface area contributed by atoms with Gasteiger partial charge in [0.15, 0.2) is 0 Å². The van der Waals surface area contributed by atoms with Gasteiger partial charge in [-0.15, -0.1) is 0 Å². The monoisotopic (exact) mass is 316 g/mol. The van der Waals surface area contributed by atoms with Crippen molar-refractivity contribution >= 4 is 21.8 Å². The number of thioether (sulfide) groups is 1. The van der Waals surface area contributed by atoms with Crippen LogP contribution in [0.4, 0.5) is 0 Å². The summed E-state index contributed by atoms with van der Waals surface area (Å²) in [5, 5.41) is 3.24. The summed E-state index contributed by atoms with van der Waals surface area (Å²) in [6.45, 7) is 6.12. The van der Waals surface area contributed by atoms with Crippen molar-refractivity contribution in [1.29, 1.82) is 0 Å². The van der Waals surface area contributed by atoms with Gasteiger partial charge in [-0.2, -0.15) is 11.8 Å². The van der Waals surface area contributed by atoms with Crippen molar-refractivity contribution in [3.05, 3.63) is 29.3 Å². The van der Waals surface area contributed by atoms with Gasteiger partial charge in [-0.25, -0.2) is 12.7 Å². The lowest BCUT2D eigenvalue weighted by molar-refractivity contribution is 0.488. The molecule has 0 aromatic heterocycles. The van der Waals surface area contributed by atoms with Crippen molar-refractivity contribution in [2.24, 2.45) is 0 Å². The van der Waals surface area contributed by atoms with Crippen LogP contribution in [0.1, 0.15) is 18.1 Å². The number of aryl methyl sites for hydroxylation is 1. The van der Waals surface area contributed by atoms with Crippen molar-refractivity contribution in [3.8, 4) is 0 Å². The van der Waals surface area contributed by atoms with Gasteiger partial charge in [0.1, 0.15) is 0 Å². The van der Waals surface area contributed by atoms with Crippen molar-refractivity contribution in [2.75, 3.05) is 32.1 Å². The van der Waals surface area contributed by atoms with Crippen LogP contribution in [0.25, 0.3) is 0 Å². The van der Waals surface area contributed by atoms with Gasteiger partial charge in [-0.3, -0.25) is 0 Å². The Hall–Kier alpha value is -0.560. The van der Waals surface area contributed by atoms with E-state index in [9.17, 15) is 8.42 Å². The Morgan fingerprint density at radius 1 is 1.35 bits per heavy atom. The van der Waals surface area contributed by atoms with Crippen LogP contribution < -0.4 is 5.32 Å². The summed E-state index contributed by atoms with van der Waals surface area (Å²) in [4.78, 5) is 0.375. The third-order valence-electron chi connectivity index (χ3n) is 3.20. The molecule has 0 fully saturated rings. The lowest BCUT2D eigenvalue weighted by Gasteiger charge is -2.18. The number of benzene rings is 1. The zero-order valence-corrected chi connectivity index (χ0v) is 14.3. The van der Waals surface area contributed by atoms with Crippen molar-refractivity contribution in [3.63, 3.8) is 0 Å². The molecule has 1 N–H and O–H groups in total. The lowest BCUT2D eigenvalue weighted by Crippen LogP contribution is -2.29. The zero-order valence-electron chi connectivity index (χ0n) is 12.6. The smallest absolute Gasteiger partial charge is 0.242 e. The first-order chi connectivity index (χ1) is 9.43. The molecule has 0 aliphatic rings. The summed E-state index contributed by atoms with van der Waals surface area (Å²) in [6, 6.07) is 5.35. The first-order valence-corrected chi connectivity index (χ1v) is 9.52. The van der Waals surface area contributed by atoms with Crippen molar-refractivity contribution in [1.82, 2.24) is 9.62 Å². The summed E-state index contributed by atoms with van der Waals surface area (Å²) in [5.74, 6) is 0.797. The molecule has 4 nitrogen and oxygen atoms in total. The second-order valence-corrected chi connectivity index (χ2v) is 7.72. The molecule has 0 amide bonds. The first-order valence-electron chi connectivity index (χ1n) is 6.69. The van der Waals surface area contributed by atoms with Crippen LogP contribution in [0.2, 0.25) is 0 Å². The van der Waals surface area contributed by atoms with E-state index in [4.69, 9.17) is 0 Å². The van der Waals surface area contributed by atoms with E-state index in [-0.39, 0.29) is 0 Å². The third kappa shape index (κ3) is 4.48. The standard InChI is InChI=1S/C14H24N2O2S2/c1-5-15-11-13-10-14(7-6-12(13)2)20(17,18)16(3)8-9-19-4/h6-7,10,15H,5,8-9,11H2,1-4H3. The molecule has 0 atom stereocenters.